The Morgan fingerprint density at radius 2 is 1.08 bits per heavy atom. The molecule has 0 saturated carbocycles. The summed E-state index contributed by atoms with van der Waals surface area (Å²) in [5.74, 6) is 0.730. The van der Waals surface area contributed by atoms with E-state index in [1.807, 2.05) is 36.5 Å². The van der Waals surface area contributed by atoms with E-state index in [1.54, 1.807) is 11.3 Å². The first kappa shape index (κ1) is 32.4. The van der Waals surface area contributed by atoms with Crippen molar-refractivity contribution in [3.8, 4) is 44.2 Å². The second kappa shape index (κ2) is 12.2. The van der Waals surface area contributed by atoms with E-state index in [4.69, 9.17) is 9.97 Å². The molecule has 2 aromatic heterocycles. The van der Waals surface area contributed by atoms with Gasteiger partial charge in [-0.3, -0.25) is 15.0 Å². The minimum absolute atomic E-state index is 0. The van der Waals surface area contributed by atoms with Crippen LogP contribution in [0.15, 0.2) is 128 Å². The third-order valence-corrected chi connectivity index (χ3v) is 11.4. The Morgan fingerprint density at radius 1 is 0.540 bits per heavy atom. The van der Waals surface area contributed by atoms with Crippen LogP contribution in [-0.2, 0) is 30.9 Å². The largest absolute Gasteiger partial charge is 0.285 e. The van der Waals surface area contributed by atoms with Gasteiger partial charge in [0.05, 0.1) is 16.9 Å². The summed E-state index contributed by atoms with van der Waals surface area (Å²) in [6.45, 7) is 9.17. The van der Waals surface area contributed by atoms with E-state index in [2.05, 4.69) is 136 Å². The van der Waals surface area contributed by atoms with Crippen molar-refractivity contribution in [2.75, 3.05) is 0 Å². The van der Waals surface area contributed by atoms with Crippen molar-refractivity contribution in [3.05, 3.63) is 162 Å². The molecule has 50 heavy (non-hydrogen) atoms. The Labute approximate surface area is 310 Å². The molecule has 0 amide bonds. The summed E-state index contributed by atoms with van der Waals surface area (Å²) < 4.78 is 1.23. The van der Waals surface area contributed by atoms with Gasteiger partial charge >= 0.3 is 0 Å². The number of nitrogens with zero attached hydrogens (tertiary/aromatic N) is 3. The second-order valence-electron chi connectivity index (χ2n) is 13.9. The molecule has 3 nitrogen and oxygen atoms in total. The van der Waals surface area contributed by atoms with Gasteiger partial charge in [0.25, 0.3) is 0 Å². The van der Waals surface area contributed by atoms with Gasteiger partial charge in [-0.2, -0.15) is 11.3 Å². The first-order valence-corrected chi connectivity index (χ1v) is 17.5. The van der Waals surface area contributed by atoms with Crippen molar-refractivity contribution in [2.45, 2.75) is 38.5 Å². The molecule has 0 saturated heterocycles. The quantitative estimate of drug-likeness (QED) is 0.163. The van der Waals surface area contributed by atoms with Crippen LogP contribution in [0.1, 0.15) is 49.9 Å². The first-order chi connectivity index (χ1) is 23.8. The number of hydrogen-bond acceptors (Lipinski definition) is 4. The molecule has 245 valence electrons. The predicted molar refractivity (Wildman–Crippen MR) is 203 cm³/mol. The van der Waals surface area contributed by atoms with E-state index < -0.39 is 0 Å². The predicted octanol–water partition coefficient (Wildman–Crippen LogP) is 11.5. The van der Waals surface area contributed by atoms with Crippen LogP contribution in [0.5, 0.6) is 0 Å². The molecule has 8 aromatic rings. The molecular weight excluding hydrogens is 807 g/mol. The summed E-state index contributed by atoms with van der Waals surface area (Å²) in [5.41, 5.74) is 14.7. The number of benzene rings is 6. The van der Waals surface area contributed by atoms with Crippen molar-refractivity contribution >= 4 is 32.5 Å². The van der Waals surface area contributed by atoms with Gasteiger partial charge in [0.1, 0.15) is 0 Å². The number of para-hydroxylation sites is 2. The fourth-order valence-corrected chi connectivity index (χ4v) is 8.57. The Hall–Kier alpha value is -4.80. The van der Waals surface area contributed by atoms with Crippen molar-refractivity contribution in [1.29, 1.82) is 0 Å². The minimum Gasteiger partial charge on any atom is -0.285 e. The number of rotatable bonds is 2. The van der Waals surface area contributed by atoms with Crippen molar-refractivity contribution < 1.29 is 20.1 Å². The maximum Gasteiger partial charge on any atom is 0.0756 e. The molecule has 2 heterocycles. The van der Waals surface area contributed by atoms with Crippen LogP contribution < -0.4 is 0 Å². The average molecular weight is 840 g/mol. The van der Waals surface area contributed by atoms with E-state index in [-0.39, 0.29) is 30.9 Å². The number of aromatic nitrogens is 3. The number of fused-ring (bicyclic) bond motifs is 8. The van der Waals surface area contributed by atoms with Gasteiger partial charge < -0.3 is 0 Å². The molecule has 0 bridgehead atoms. The zero-order valence-electron chi connectivity index (χ0n) is 28.2. The number of thiazole rings is 1. The molecule has 5 heteroatoms. The molecule has 10 rings (SSSR count). The van der Waals surface area contributed by atoms with Crippen molar-refractivity contribution in [1.82, 2.24) is 15.0 Å². The SMILES string of the molecule is CC1(C)c2ccccc2-c2c[c-]c(-c3nc4ccccc4s3)cc21.CC1(C)c2ccccc2-c2c[c-]c(-c3ncc4ccccc4n3)cc21.[Ir]. The molecule has 6 aromatic carbocycles. The van der Waals surface area contributed by atoms with Crippen LogP contribution in [0.3, 0.4) is 0 Å². The monoisotopic (exact) mass is 840 g/mol. The normalized spacial score (nSPS) is 14.2. The van der Waals surface area contributed by atoms with Gasteiger partial charge in [-0.1, -0.05) is 129 Å². The molecular formula is C45H33IrN3S-2. The number of hydrogen-bond donors (Lipinski definition) is 0. The van der Waals surface area contributed by atoms with E-state index >= 15 is 0 Å². The molecule has 0 spiro atoms. The van der Waals surface area contributed by atoms with Crippen LogP contribution in [0.2, 0.25) is 0 Å². The van der Waals surface area contributed by atoms with Crippen LogP contribution >= 0.6 is 11.3 Å². The van der Waals surface area contributed by atoms with Gasteiger partial charge in [-0.05, 0) is 40.2 Å². The molecule has 0 atom stereocenters. The van der Waals surface area contributed by atoms with Gasteiger partial charge in [0.15, 0.2) is 0 Å². The topological polar surface area (TPSA) is 38.7 Å². The average Bonchev–Trinajstić information content (AvgIpc) is 3.75. The molecule has 0 unspecified atom stereocenters. The Balaban J connectivity index is 0.000000142. The summed E-state index contributed by atoms with van der Waals surface area (Å²) in [5, 5.41) is 2.10. The molecule has 2 aliphatic carbocycles. The fraction of sp³-hybridized carbons (Fsp3) is 0.133. The standard InChI is InChI=1S/C23H17N2.C22H16NS.Ir/c1-23(2)19-9-5-4-8-17(19)18-12-11-15(13-20(18)23)22-24-14-16-7-3-6-10-21(16)25-22;1-22(2)17-8-4-3-7-15(17)16-12-11-14(13-18(16)22)21-23-19-9-5-6-10-20(19)24-21;/h3-10,12-14H,1-2H3;3-10,12-13H,1-2H3;/q2*-1;. The zero-order chi connectivity index (χ0) is 33.3. The van der Waals surface area contributed by atoms with E-state index in [0.717, 1.165) is 38.4 Å². The van der Waals surface area contributed by atoms with Gasteiger partial charge in [0.2, 0.25) is 0 Å². The Morgan fingerprint density at radius 3 is 1.74 bits per heavy atom. The van der Waals surface area contributed by atoms with Crippen LogP contribution in [0.25, 0.3) is 65.3 Å². The van der Waals surface area contributed by atoms with E-state index in [9.17, 15) is 0 Å². The van der Waals surface area contributed by atoms with Gasteiger partial charge in [-0.15, -0.1) is 58.7 Å². The Bertz CT molecular complexity index is 2550. The molecule has 0 fully saturated rings. The Kier molecular flexibility index (Phi) is 7.91. The summed E-state index contributed by atoms with van der Waals surface area (Å²) >= 11 is 1.74. The fourth-order valence-electron chi connectivity index (χ4n) is 7.62. The van der Waals surface area contributed by atoms with Crippen molar-refractivity contribution in [2.24, 2.45) is 0 Å². The van der Waals surface area contributed by atoms with Crippen molar-refractivity contribution in [3.63, 3.8) is 0 Å². The smallest absolute Gasteiger partial charge is 0.0756 e. The van der Waals surface area contributed by atoms with E-state index in [1.165, 1.54) is 49.2 Å². The summed E-state index contributed by atoms with van der Waals surface area (Å²) in [4.78, 5) is 14.1. The molecule has 2 aliphatic rings. The summed E-state index contributed by atoms with van der Waals surface area (Å²) in [6.07, 6.45) is 1.89. The second-order valence-corrected chi connectivity index (χ2v) is 15.0. The maximum atomic E-state index is 4.79. The van der Waals surface area contributed by atoms with Crippen LogP contribution in [0.4, 0.5) is 0 Å². The van der Waals surface area contributed by atoms with Gasteiger partial charge in [0, 0.05) is 41.4 Å². The molecule has 0 N–H and O–H groups in total. The summed E-state index contributed by atoms with van der Waals surface area (Å²) in [7, 11) is 0. The summed E-state index contributed by atoms with van der Waals surface area (Å²) in [6, 6.07) is 49.3. The zero-order valence-corrected chi connectivity index (χ0v) is 31.4. The third-order valence-electron chi connectivity index (χ3n) is 10.3. The van der Waals surface area contributed by atoms with Gasteiger partial charge in [-0.25, -0.2) is 0 Å². The minimum atomic E-state index is -0.0212. The third kappa shape index (κ3) is 5.15. The van der Waals surface area contributed by atoms with E-state index in [0.29, 0.717) is 0 Å². The van der Waals surface area contributed by atoms with Crippen LogP contribution in [-0.4, -0.2) is 15.0 Å². The first-order valence-electron chi connectivity index (χ1n) is 16.7. The molecule has 0 aliphatic heterocycles. The molecule has 1 radical (unpaired) electrons. The maximum absolute atomic E-state index is 4.79. The van der Waals surface area contributed by atoms with Crippen LogP contribution in [0, 0.1) is 12.1 Å².